The molecule has 0 radical (unpaired) electrons. The van der Waals surface area contributed by atoms with Crippen LogP contribution in [0.1, 0.15) is 45.4 Å². The van der Waals surface area contributed by atoms with Crippen molar-refractivity contribution >= 4 is 27.7 Å². The number of rotatable bonds is 5. The first-order valence-corrected chi connectivity index (χ1v) is 11.9. The number of nitrogens with zero attached hydrogens (tertiary/aromatic N) is 2. The first-order valence-electron chi connectivity index (χ1n) is 10.2. The predicted molar refractivity (Wildman–Crippen MR) is 120 cm³/mol. The number of imidazole rings is 1. The number of ether oxygens (including phenoxy) is 1. The number of fused-ring (bicyclic) bond motifs is 3. The Morgan fingerprint density at radius 3 is 2.83 bits per heavy atom. The van der Waals surface area contributed by atoms with Crippen LogP contribution in [0.3, 0.4) is 0 Å². The van der Waals surface area contributed by atoms with Gasteiger partial charge in [-0.25, -0.2) is 4.98 Å². The molecule has 0 aliphatic carbocycles. The summed E-state index contributed by atoms with van der Waals surface area (Å²) in [5.41, 5.74) is 5.56. The zero-order valence-corrected chi connectivity index (χ0v) is 18.6. The highest BCUT2D eigenvalue weighted by Crippen LogP contribution is 2.42. The molecule has 6 nitrogen and oxygen atoms in total. The van der Waals surface area contributed by atoms with Crippen LogP contribution in [0, 0.1) is 13.8 Å². The Morgan fingerprint density at radius 2 is 2.10 bits per heavy atom. The molecule has 1 aliphatic rings. The fraction of sp³-hybridized carbons (Fsp3) is 0.391. The number of carbonyl (C=O) groups excluding carboxylic acids is 1. The molecule has 1 N–H and O–H groups in total. The minimum atomic E-state index is -0.945. The Morgan fingerprint density at radius 1 is 1.33 bits per heavy atom. The summed E-state index contributed by atoms with van der Waals surface area (Å²) >= 11 is 0. The third-order valence-electron chi connectivity index (χ3n) is 5.83. The summed E-state index contributed by atoms with van der Waals surface area (Å²) in [6, 6.07) is 10.2. The van der Waals surface area contributed by atoms with E-state index in [0.717, 1.165) is 35.3 Å². The predicted octanol–water partition coefficient (Wildman–Crippen LogP) is 3.36. The van der Waals surface area contributed by atoms with Gasteiger partial charge in [-0.05, 0) is 43.9 Å². The molecule has 1 amide bonds. The van der Waals surface area contributed by atoms with E-state index in [1.165, 1.54) is 11.1 Å². The molecule has 0 saturated carbocycles. The van der Waals surface area contributed by atoms with Gasteiger partial charge >= 0.3 is 0 Å². The Balaban J connectivity index is 1.77. The van der Waals surface area contributed by atoms with Gasteiger partial charge < -0.3 is 14.6 Å². The summed E-state index contributed by atoms with van der Waals surface area (Å²) in [6.07, 6.45) is 3.11. The molecule has 4 rings (SSSR count). The van der Waals surface area contributed by atoms with Crippen molar-refractivity contribution in [2.45, 2.75) is 32.8 Å². The maximum absolute atomic E-state index is 13.0. The van der Waals surface area contributed by atoms with Gasteiger partial charge in [0.15, 0.2) is 5.75 Å². The van der Waals surface area contributed by atoms with Gasteiger partial charge in [-0.15, -0.1) is 0 Å². The molecule has 2 aromatic carbocycles. The van der Waals surface area contributed by atoms with Gasteiger partial charge in [-0.2, -0.15) is 0 Å². The summed E-state index contributed by atoms with van der Waals surface area (Å²) in [5, 5.41) is 2.91. The van der Waals surface area contributed by atoms with Crippen LogP contribution in [0.25, 0.3) is 11.0 Å². The van der Waals surface area contributed by atoms with E-state index in [1.54, 1.807) is 6.26 Å². The molecule has 1 aromatic heterocycles. The zero-order valence-electron chi connectivity index (χ0n) is 17.8. The molecule has 0 fully saturated rings. The van der Waals surface area contributed by atoms with Crippen LogP contribution in [0.4, 0.5) is 0 Å². The van der Waals surface area contributed by atoms with Crippen LogP contribution in [0.2, 0.25) is 0 Å². The smallest absolute Gasteiger partial charge is 0.251 e. The Bertz CT molecular complexity index is 1150. The number of nitrogens with one attached hydrogen (secondary N) is 1. The molecule has 7 heteroatoms. The lowest BCUT2D eigenvalue weighted by atomic mass is 9.91. The minimum absolute atomic E-state index is 0.0648. The lowest BCUT2D eigenvalue weighted by Crippen LogP contribution is -2.29. The third kappa shape index (κ3) is 3.74. The van der Waals surface area contributed by atoms with Crippen LogP contribution in [-0.4, -0.2) is 38.2 Å². The second-order valence-electron chi connectivity index (χ2n) is 7.85. The van der Waals surface area contributed by atoms with Crippen LogP contribution in [0.15, 0.2) is 30.3 Å². The summed E-state index contributed by atoms with van der Waals surface area (Å²) in [6.45, 7) is 4.42. The van der Waals surface area contributed by atoms with Gasteiger partial charge in [-0.3, -0.25) is 9.00 Å². The van der Waals surface area contributed by atoms with Crippen molar-refractivity contribution in [1.82, 2.24) is 14.9 Å². The van der Waals surface area contributed by atoms with Gasteiger partial charge in [0, 0.05) is 47.5 Å². The quantitative estimate of drug-likeness (QED) is 0.680. The molecule has 158 valence electrons. The summed E-state index contributed by atoms with van der Waals surface area (Å²) in [5.74, 6) is 1.86. The molecule has 3 aromatic rings. The molecule has 2 heterocycles. The van der Waals surface area contributed by atoms with E-state index >= 15 is 0 Å². The standard InChI is InChI=1S/C23H27N3O3S/c1-14-7-5-6-8-16(14)20-10-9-17-18(23(27)24-11-12-30(4)28)13-19-21(22(17)29-20)25-15(2)26(19)3/h5-8,13,20H,9-12H2,1-4H3,(H,24,27)/t20-,30?/m0/s1. The number of aryl methyl sites for hydroxylation is 3. The number of carbonyl (C=O) groups is 1. The largest absolute Gasteiger partial charge is 0.483 e. The molecule has 0 bridgehead atoms. The van der Waals surface area contributed by atoms with E-state index in [9.17, 15) is 9.00 Å². The second kappa shape index (κ2) is 8.22. The van der Waals surface area contributed by atoms with Crippen LogP contribution >= 0.6 is 0 Å². The van der Waals surface area contributed by atoms with E-state index in [2.05, 4.69) is 24.4 Å². The number of hydrogen-bond donors (Lipinski definition) is 1. The van der Waals surface area contributed by atoms with Crippen molar-refractivity contribution in [3.05, 3.63) is 58.4 Å². The fourth-order valence-corrected chi connectivity index (χ4v) is 4.46. The molecule has 1 aliphatic heterocycles. The highest BCUT2D eigenvalue weighted by Gasteiger charge is 2.30. The average Bonchev–Trinajstić information content (AvgIpc) is 3.01. The molecular weight excluding hydrogens is 398 g/mol. The van der Waals surface area contributed by atoms with Crippen molar-refractivity contribution in [3.8, 4) is 5.75 Å². The topological polar surface area (TPSA) is 73.2 Å². The van der Waals surface area contributed by atoms with Crippen LogP contribution in [0.5, 0.6) is 5.75 Å². The van der Waals surface area contributed by atoms with Crippen molar-refractivity contribution in [2.24, 2.45) is 7.05 Å². The molecule has 1 unspecified atom stereocenters. The van der Waals surface area contributed by atoms with Crippen molar-refractivity contribution in [3.63, 3.8) is 0 Å². The van der Waals surface area contributed by atoms with Gasteiger partial charge in [-0.1, -0.05) is 24.3 Å². The van der Waals surface area contributed by atoms with Gasteiger partial charge in [0.25, 0.3) is 5.91 Å². The fourth-order valence-electron chi connectivity index (χ4n) is 4.07. The lowest BCUT2D eigenvalue weighted by molar-refractivity contribution is 0.0952. The molecule has 0 spiro atoms. The van der Waals surface area contributed by atoms with E-state index < -0.39 is 10.8 Å². The Hall–Kier alpha value is -2.67. The normalized spacial score (nSPS) is 16.7. The number of benzene rings is 2. The second-order valence-corrected chi connectivity index (χ2v) is 9.41. The highest BCUT2D eigenvalue weighted by molar-refractivity contribution is 7.84. The van der Waals surface area contributed by atoms with E-state index in [1.807, 2.05) is 36.7 Å². The lowest BCUT2D eigenvalue weighted by Gasteiger charge is -2.29. The average molecular weight is 426 g/mol. The van der Waals surface area contributed by atoms with Crippen LogP contribution in [-0.2, 0) is 24.3 Å². The molecular formula is C23H27N3O3S. The van der Waals surface area contributed by atoms with Crippen molar-refractivity contribution < 1.29 is 13.7 Å². The van der Waals surface area contributed by atoms with E-state index in [4.69, 9.17) is 9.72 Å². The Kier molecular flexibility index (Phi) is 5.64. The van der Waals surface area contributed by atoms with Crippen molar-refractivity contribution in [2.75, 3.05) is 18.6 Å². The number of aromatic nitrogens is 2. The first kappa shape index (κ1) is 20.6. The van der Waals surface area contributed by atoms with Crippen molar-refractivity contribution in [1.29, 1.82) is 0 Å². The van der Waals surface area contributed by atoms with Gasteiger partial charge in [0.1, 0.15) is 17.4 Å². The number of amides is 1. The maximum Gasteiger partial charge on any atom is 0.251 e. The van der Waals surface area contributed by atoms with Gasteiger partial charge in [0.2, 0.25) is 0 Å². The number of hydrogen-bond acceptors (Lipinski definition) is 4. The van der Waals surface area contributed by atoms with Gasteiger partial charge in [0.05, 0.1) is 5.52 Å². The Labute approximate surface area is 179 Å². The SMILES string of the molecule is Cc1ccccc1[C@@H]1CCc2c(C(=O)NCCS(C)=O)cc3c(nc(C)n3C)c2O1. The molecule has 0 saturated heterocycles. The monoisotopic (exact) mass is 425 g/mol. The first-order chi connectivity index (χ1) is 14.4. The maximum atomic E-state index is 13.0. The van der Waals surface area contributed by atoms with E-state index in [-0.39, 0.29) is 12.0 Å². The van der Waals surface area contributed by atoms with E-state index in [0.29, 0.717) is 23.6 Å². The third-order valence-corrected chi connectivity index (χ3v) is 6.61. The summed E-state index contributed by atoms with van der Waals surface area (Å²) in [4.78, 5) is 17.7. The summed E-state index contributed by atoms with van der Waals surface area (Å²) in [7, 11) is 1.00. The molecule has 30 heavy (non-hydrogen) atoms. The highest BCUT2D eigenvalue weighted by atomic mass is 32.2. The minimum Gasteiger partial charge on any atom is -0.483 e. The summed E-state index contributed by atoms with van der Waals surface area (Å²) < 4.78 is 19.8. The zero-order chi connectivity index (χ0) is 21.4. The van der Waals surface area contributed by atoms with Crippen LogP contribution < -0.4 is 10.1 Å². The molecule has 2 atom stereocenters.